The highest BCUT2D eigenvalue weighted by Gasteiger charge is 2.50. The van der Waals surface area contributed by atoms with Crippen LogP contribution in [0.1, 0.15) is 50.5 Å². The van der Waals surface area contributed by atoms with E-state index < -0.39 is 33.5 Å². The number of carbonyl (C=O) groups is 1. The standard InChI is InChI=1S/C33H39F2N3O4S/c34-33(35,27-13-11-26(12-14-27)25-9-5-2-6-10-25)31(32(39)38-21-19-28(36)20-22-38)37-43(40,41)30-17-15-29(16-18-30)42-23-24-7-3-1-4-8-24/h2,5-6,9-18,24,28,31,37H,1,3-4,7-8,19-23,36H2/t31-/m1/s1. The maximum atomic E-state index is 16.2. The van der Waals surface area contributed by atoms with E-state index in [4.69, 9.17) is 10.5 Å². The van der Waals surface area contributed by atoms with Crippen LogP contribution in [0.3, 0.4) is 0 Å². The molecule has 10 heteroatoms. The van der Waals surface area contributed by atoms with Gasteiger partial charge in [0.05, 0.1) is 11.5 Å². The number of ether oxygens (including phenoxy) is 1. The van der Waals surface area contributed by atoms with Crippen LogP contribution in [0.2, 0.25) is 0 Å². The fraction of sp³-hybridized carbons (Fsp3) is 0.424. The summed E-state index contributed by atoms with van der Waals surface area (Å²) in [6.45, 7) is 0.901. The van der Waals surface area contributed by atoms with Gasteiger partial charge in [-0.15, -0.1) is 0 Å². The van der Waals surface area contributed by atoms with Crippen LogP contribution in [0, 0.1) is 5.92 Å². The smallest absolute Gasteiger partial charge is 0.298 e. The van der Waals surface area contributed by atoms with Crippen LogP contribution in [-0.2, 0) is 20.7 Å². The third kappa shape index (κ3) is 7.60. The average Bonchev–Trinajstić information content (AvgIpc) is 3.04. The molecule has 5 rings (SSSR count). The second-order valence-electron chi connectivity index (χ2n) is 11.6. The Kier molecular flexibility index (Phi) is 9.78. The zero-order valence-corrected chi connectivity index (χ0v) is 24.9. The van der Waals surface area contributed by atoms with Gasteiger partial charge >= 0.3 is 0 Å². The highest BCUT2D eigenvalue weighted by molar-refractivity contribution is 7.89. The molecule has 1 saturated heterocycles. The minimum atomic E-state index is -4.51. The van der Waals surface area contributed by atoms with E-state index in [1.807, 2.05) is 30.3 Å². The SMILES string of the molecule is NC1CCN(C(=O)[C@@H](NS(=O)(=O)c2ccc(OCC3CCCCC3)cc2)C(F)(F)c2ccc(-c3ccccc3)cc2)CC1. The van der Waals surface area contributed by atoms with E-state index in [2.05, 4.69) is 4.72 Å². The van der Waals surface area contributed by atoms with Gasteiger partial charge in [-0.25, -0.2) is 8.42 Å². The molecule has 1 amide bonds. The number of hydrogen-bond donors (Lipinski definition) is 2. The molecule has 3 aromatic carbocycles. The number of rotatable bonds is 10. The molecule has 43 heavy (non-hydrogen) atoms. The van der Waals surface area contributed by atoms with Crippen molar-refractivity contribution in [2.45, 2.75) is 67.8 Å². The molecule has 3 N–H and O–H groups in total. The normalized spacial score (nSPS) is 17.9. The highest BCUT2D eigenvalue weighted by atomic mass is 32.2. The number of nitrogens with two attached hydrogens (primary N) is 1. The van der Waals surface area contributed by atoms with Gasteiger partial charge in [0.1, 0.15) is 5.75 Å². The Bertz CT molecular complexity index is 1450. The summed E-state index contributed by atoms with van der Waals surface area (Å²) in [5.41, 5.74) is 7.06. The predicted molar refractivity (Wildman–Crippen MR) is 162 cm³/mol. The molecule has 0 bridgehead atoms. The molecule has 3 aromatic rings. The van der Waals surface area contributed by atoms with E-state index in [9.17, 15) is 13.2 Å². The summed E-state index contributed by atoms with van der Waals surface area (Å²) >= 11 is 0. The lowest BCUT2D eigenvalue weighted by Gasteiger charge is -2.35. The van der Waals surface area contributed by atoms with Crippen LogP contribution in [-0.4, -0.2) is 51.0 Å². The first-order chi connectivity index (χ1) is 20.6. The first kappa shape index (κ1) is 31.1. The van der Waals surface area contributed by atoms with Crippen molar-refractivity contribution >= 4 is 15.9 Å². The Balaban J connectivity index is 1.37. The molecular formula is C33H39F2N3O4S. The van der Waals surface area contributed by atoms with Crippen molar-refractivity contribution in [2.24, 2.45) is 11.7 Å². The molecule has 1 aliphatic carbocycles. The number of amides is 1. The molecule has 0 aromatic heterocycles. The van der Waals surface area contributed by atoms with Gasteiger partial charge in [0.2, 0.25) is 15.9 Å². The molecule has 0 radical (unpaired) electrons. The lowest BCUT2D eigenvalue weighted by atomic mass is 9.90. The number of piperidine rings is 1. The minimum absolute atomic E-state index is 0.135. The van der Waals surface area contributed by atoms with E-state index in [1.165, 1.54) is 60.6 Å². The minimum Gasteiger partial charge on any atom is -0.493 e. The molecule has 1 saturated carbocycles. The van der Waals surface area contributed by atoms with E-state index in [-0.39, 0.29) is 24.0 Å². The second-order valence-corrected chi connectivity index (χ2v) is 13.3. The Morgan fingerprint density at radius 1 is 0.884 bits per heavy atom. The maximum absolute atomic E-state index is 16.2. The number of likely N-dealkylation sites (tertiary alicyclic amines) is 1. The monoisotopic (exact) mass is 611 g/mol. The van der Waals surface area contributed by atoms with Crippen molar-refractivity contribution in [3.8, 4) is 16.9 Å². The van der Waals surface area contributed by atoms with Gasteiger partial charge in [0.25, 0.3) is 5.92 Å². The second kappa shape index (κ2) is 13.5. The fourth-order valence-electron chi connectivity index (χ4n) is 5.77. The Morgan fingerprint density at radius 2 is 1.49 bits per heavy atom. The molecule has 2 fully saturated rings. The summed E-state index contributed by atoms with van der Waals surface area (Å²) in [7, 11) is -4.51. The quantitative estimate of drug-likeness (QED) is 0.306. The molecule has 1 aliphatic heterocycles. The van der Waals surface area contributed by atoms with Gasteiger partial charge in [-0.1, -0.05) is 73.9 Å². The van der Waals surface area contributed by atoms with Crippen LogP contribution in [0.15, 0.2) is 83.8 Å². The zero-order valence-electron chi connectivity index (χ0n) is 24.1. The van der Waals surface area contributed by atoms with Crippen LogP contribution in [0.5, 0.6) is 5.75 Å². The summed E-state index contributed by atoms with van der Waals surface area (Å²) in [6, 6.07) is 18.0. The Morgan fingerprint density at radius 3 is 2.12 bits per heavy atom. The molecule has 7 nitrogen and oxygen atoms in total. The number of hydrogen-bond acceptors (Lipinski definition) is 5. The van der Waals surface area contributed by atoms with Crippen molar-refractivity contribution in [1.29, 1.82) is 0 Å². The van der Waals surface area contributed by atoms with E-state index in [0.717, 1.165) is 24.0 Å². The number of benzene rings is 3. The van der Waals surface area contributed by atoms with Crippen molar-refractivity contribution < 1.29 is 26.7 Å². The van der Waals surface area contributed by atoms with Crippen molar-refractivity contribution in [2.75, 3.05) is 19.7 Å². The number of alkyl halides is 2. The summed E-state index contributed by atoms with van der Waals surface area (Å²) in [4.78, 5) is 14.6. The van der Waals surface area contributed by atoms with Crippen LogP contribution >= 0.6 is 0 Å². The third-order valence-electron chi connectivity index (χ3n) is 8.46. The average molecular weight is 612 g/mol. The topological polar surface area (TPSA) is 102 Å². The molecular weight excluding hydrogens is 572 g/mol. The first-order valence-electron chi connectivity index (χ1n) is 15.0. The van der Waals surface area contributed by atoms with E-state index in [1.54, 1.807) is 12.1 Å². The molecule has 2 aliphatic rings. The number of nitrogens with one attached hydrogen (secondary N) is 1. The molecule has 1 heterocycles. The lowest BCUT2D eigenvalue weighted by Crippen LogP contribution is -2.57. The molecule has 1 atom stereocenters. The number of halogens is 2. The lowest BCUT2D eigenvalue weighted by molar-refractivity contribution is -0.145. The highest BCUT2D eigenvalue weighted by Crippen LogP contribution is 2.36. The summed E-state index contributed by atoms with van der Waals surface area (Å²) < 4.78 is 67.2. The van der Waals surface area contributed by atoms with Crippen molar-refractivity contribution in [1.82, 2.24) is 9.62 Å². The van der Waals surface area contributed by atoms with Gasteiger partial charge in [0, 0.05) is 24.7 Å². The summed E-state index contributed by atoms with van der Waals surface area (Å²) in [5.74, 6) is -3.85. The molecule has 0 spiro atoms. The van der Waals surface area contributed by atoms with Gasteiger partial charge in [0.15, 0.2) is 6.04 Å². The maximum Gasteiger partial charge on any atom is 0.298 e. The van der Waals surface area contributed by atoms with Gasteiger partial charge in [-0.05, 0) is 67.0 Å². The fourth-order valence-corrected chi connectivity index (χ4v) is 6.96. The Hall–Kier alpha value is -3.34. The Labute approximate surface area is 252 Å². The molecule has 0 unspecified atom stereocenters. The van der Waals surface area contributed by atoms with Gasteiger partial charge < -0.3 is 15.4 Å². The largest absolute Gasteiger partial charge is 0.493 e. The van der Waals surface area contributed by atoms with Crippen molar-refractivity contribution in [3.63, 3.8) is 0 Å². The van der Waals surface area contributed by atoms with Gasteiger partial charge in [-0.2, -0.15) is 13.5 Å². The predicted octanol–water partition coefficient (Wildman–Crippen LogP) is 5.70. The summed E-state index contributed by atoms with van der Waals surface area (Å²) in [6.07, 6.45) is 6.72. The third-order valence-corrected chi connectivity index (χ3v) is 9.89. The van der Waals surface area contributed by atoms with Gasteiger partial charge in [-0.3, -0.25) is 4.79 Å². The van der Waals surface area contributed by atoms with Crippen LogP contribution < -0.4 is 15.2 Å². The molecule has 230 valence electrons. The number of sulfonamides is 1. The van der Waals surface area contributed by atoms with E-state index >= 15 is 8.78 Å². The van der Waals surface area contributed by atoms with Crippen LogP contribution in [0.25, 0.3) is 11.1 Å². The summed E-state index contributed by atoms with van der Waals surface area (Å²) in [5, 5.41) is 0. The van der Waals surface area contributed by atoms with E-state index in [0.29, 0.717) is 31.1 Å². The first-order valence-corrected chi connectivity index (χ1v) is 16.4. The zero-order chi connectivity index (χ0) is 30.5. The van der Waals surface area contributed by atoms with Crippen molar-refractivity contribution in [3.05, 3.63) is 84.4 Å². The van der Waals surface area contributed by atoms with Crippen LogP contribution in [0.4, 0.5) is 8.78 Å². The number of nitrogens with zero attached hydrogens (tertiary/aromatic N) is 1. The number of carbonyl (C=O) groups excluding carboxylic acids is 1.